The van der Waals surface area contributed by atoms with E-state index in [0.29, 0.717) is 0 Å². The summed E-state index contributed by atoms with van der Waals surface area (Å²) < 4.78 is 32.3. The number of alkyl halides is 2. The number of ether oxygens (including phenoxy) is 1. The monoisotopic (exact) mass is 479 g/mol. The molecule has 1 aromatic rings. The molecule has 2 fully saturated rings. The van der Waals surface area contributed by atoms with Gasteiger partial charge in [0, 0.05) is 30.0 Å². The molecule has 0 aliphatic heterocycles. The van der Waals surface area contributed by atoms with Crippen LogP contribution in [0.4, 0.5) is 19.3 Å². The highest BCUT2D eigenvalue weighted by atomic mass is 19.3. The molecule has 0 radical (unpaired) electrons. The maximum Gasteiger partial charge on any atom is 0.410 e. The van der Waals surface area contributed by atoms with Gasteiger partial charge in [-0.3, -0.25) is 14.4 Å². The van der Waals surface area contributed by atoms with Crippen LogP contribution in [0.1, 0.15) is 43.0 Å². The van der Waals surface area contributed by atoms with E-state index in [2.05, 4.69) is 5.32 Å². The molecule has 2 atom stereocenters. The molecule has 4 N–H and O–H groups in total. The summed E-state index contributed by atoms with van der Waals surface area (Å²) in [7, 11) is 1.65. The van der Waals surface area contributed by atoms with Gasteiger partial charge in [-0.2, -0.15) is 0 Å². The van der Waals surface area contributed by atoms with Crippen molar-refractivity contribution in [3.8, 4) is 0 Å². The minimum absolute atomic E-state index is 0.0897. The van der Waals surface area contributed by atoms with E-state index >= 15 is 0 Å². The van der Waals surface area contributed by atoms with Crippen LogP contribution in [0.15, 0.2) is 35.5 Å². The first kappa shape index (κ1) is 25.1. The van der Waals surface area contributed by atoms with Crippen LogP contribution in [-0.4, -0.2) is 59.4 Å². The number of anilines is 1. The van der Waals surface area contributed by atoms with Crippen molar-refractivity contribution in [2.75, 3.05) is 19.0 Å². The number of ketones is 1. The minimum Gasteiger partial charge on any atom is -0.481 e. The third-order valence-corrected chi connectivity index (χ3v) is 6.27. The SMILES string of the molecule is C/C(N)=C(\COC(=O)N(C)C1CCCC1)C(=O)c1ccc(NC(=O)C2C(C(=O)O)C2(F)F)cc1. The Labute approximate surface area is 194 Å². The summed E-state index contributed by atoms with van der Waals surface area (Å²) in [4.78, 5) is 49.6. The smallest absolute Gasteiger partial charge is 0.410 e. The number of carbonyl (C=O) groups excluding carboxylic acids is 3. The molecule has 9 nitrogen and oxygen atoms in total. The first-order valence-corrected chi connectivity index (χ1v) is 10.9. The first-order valence-electron chi connectivity index (χ1n) is 10.9. The summed E-state index contributed by atoms with van der Waals surface area (Å²) in [6.45, 7) is 1.19. The number of hydrogen-bond donors (Lipinski definition) is 3. The molecule has 0 heterocycles. The first-order chi connectivity index (χ1) is 15.9. The zero-order valence-corrected chi connectivity index (χ0v) is 18.8. The van der Waals surface area contributed by atoms with Crippen LogP contribution < -0.4 is 11.1 Å². The molecule has 2 aliphatic rings. The second kappa shape index (κ2) is 9.78. The summed E-state index contributed by atoms with van der Waals surface area (Å²) in [5, 5.41) is 11.0. The number of halogens is 2. The number of carbonyl (C=O) groups is 4. The Bertz CT molecular complexity index is 1010. The number of nitrogens with two attached hydrogens (primary N) is 1. The van der Waals surface area contributed by atoms with Gasteiger partial charge in [-0.05, 0) is 44.0 Å². The zero-order chi connectivity index (χ0) is 25.2. The van der Waals surface area contributed by atoms with Crippen molar-refractivity contribution >= 4 is 29.4 Å². The van der Waals surface area contributed by atoms with Crippen LogP contribution in [0.2, 0.25) is 0 Å². The number of rotatable bonds is 8. The standard InChI is InChI=1S/C23H27F2N3O6/c1-12(26)16(11-34-22(33)28(2)15-5-3-4-6-15)19(29)13-7-9-14(10-8-13)27-20(30)17-18(21(31)32)23(17,24)25/h7-10,15,17-18H,3-6,11,26H2,1-2H3,(H,27,30)(H,31,32)/b16-12-. The van der Waals surface area contributed by atoms with Crippen LogP contribution >= 0.6 is 0 Å². The third kappa shape index (κ3) is 5.18. The summed E-state index contributed by atoms with van der Waals surface area (Å²) >= 11 is 0. The fourth-order valence-corrected chi connectivity index (χ4v) is 4.09. The number of hydrogen-bond acceptors (Lipinski definition) is 6. The number of nitrogens with one attached hydrogen (secondary N) is 1. The number of Topliss-reactive ketones (excluding diaryl/α,β-unsaturated/α-hetero) is 1. The van der Waals surface area contributed by atoms with Crippen LogP contribution in [0.5, 0.6) is 0 Å². The Morgan fingerprint density at radius 1 is 1.15 bits per heavy atom. The molecule has 11 heteroatoms. The van der Waals surface area contributed by atoms with Crippen LogP contribution in [0.25, 0.3) is 0 Å². The lowest BCUT2D eigenvalue weighted by Gasteiger charge is -2.23. The molecular weight excluding hydrogens is 452 g/mol. The number of nitrogens with zero attached hydrogens (tertiary/aromatic N) is 1. The average molecular weight is 479 g/mol. The normalized spacial score (nSPS) is 21.9. The fourth-order valence-electron chi connectivity index (χ4n) is 4.09. The van der Waals surface area contributed by atoms with Gasteiger partial charge in [-0.25, -0.2) is 13.6 Å². The van der Waals surface area contributed by atoms with Gasteiger partial charge in [0.05, 0.1) is 5.57 Å². The van der Waals surface area contributed by atoms with Crippen LogP contribution in [-0.2, 0) is 14.3 Å². The Morgan fingerprint density at radius 2 is 1.74 bits per heavy atom. The molecular formula is C23H27F2N3O6. The number of aliphatic carboxylic acids is 1. The van der Waals surface area contributed by atoms with Crippen molar-refractivity contribution < 1.29 is 37.8 Å². The molecule has 184 valence electrons. The number of benzene rings is 1. The molecule has 2 amide bonds. The molecule has 1 aromatic carbocycles. The van der Waals surface area contributed by atoms with Gasteiger partial charge < -0.3 is 25.8 Å². The third-order valence-electron chi connectivity index (χ3n) is 6.27. The maximum atomic E-state index is 13.5. The Kier molecular flexibility index (Phi) is 7.23. The Balaban J connectivity index is 1.60. The van der Waals surface area contributed by atoms with E-state index in [1.807, 2.05) is 0 Å². The average Bonchev–Trinajstić information content (AvgIpc) is 3.11. The molecule has 2 unspecified atom stereocenters. The second-order valence-electron chi connectivity index (χ2n) is 8.63. The zero-order valence-electron chi connectivity index (χ0n) is 18.8. The van der Waals surface area contributed by atoms with Gasteiger partial charge in [-0.15, -0.1) is 0 Å². The molecule has 2 saturated carbocycles. The van der Waals surface area contributed by atoms with E-state index < -0.39 is 41.5 Å². The molecule has 2 aliphatic carbocycles. The largest absolute Gasteiger partial charge is 0.481 e. The Morgan fingerprint density at radius 3 is 2.24 bits per heavy atom. The van der Waals surface area contributed by atoms with Crippen molar-refractivity contribution in [1.82, 2.24) is 4.90 Å². The van der Waals surface area contributed by atoms with Gasteiger partial charge in [0.2, 0.25) is 5.91 Å². The highest BCUT2D eigenvalue weighted by molar-refractivity contribution is 6.09. The quantitative estimate of drug-likeness (QED) is 0.385. The van der Waals surface area contributed by atoms with Gasteiger partial charge in [0.1, 0.15) is 18.4 Å². The summed E-state index contributed by atoms with van der Waals surface area (Å²) in [5.74, 6) is -10.9. The van der Waals surface area contributed by atoms with E-state index in [0.717, 1.165) is 25.7 Å². The molecule has 3 rings (SSSR count). The summed E-state index contributed by atoms with van der Waals surface area (Å²) in [6, 6.07) is 5.47. The lowest BCUT2D eigenvalue weighted by atomic mass is 10.0. The van der Waals surface area contributed by atoms with E-state index in [1.54, 1.807) is 7.05 Å². The second-order valence-corrected chi connectivity index (χ2v) is 8.63. The van der Waals surface area contributed by atoms with Gasteiger partial charge >= 0.3 is 12.1 Å². The van der Waals surface area contributed by atoms with Crippen molar-refractivity contribution in [3.05, 3.63) is 41.1 Å². The van der Waals surface area contributed by atoms with Gasteiger partial charge in [0.15, 0.2) is 5.78 Å². The fraction of sp³-hybridized carbons (Fsp3) is 0.478. The molecule has 0 spiro atoms. The highest BCUT2D eigenvalue weighted by Gasteiger charge is 2.75. The molecule has 0 bridgehead atoms. The van der Waals surface area contributed by atoms with Gasteiger partial charge in [-0.1, -0.05) is 12.8 Å². The summed E-state index contributed by atoms with van der Waals surface area (Å²) in [5.41, 5.74) is 6.40. The molecule has 0 aromatic heterocycles. The maximum absolute atomic E-state index is 13.5. The highest BCUT2D eigenvalue weighted by Crippen LogP contribution is 2.55. The van der Waals surface area contributed by atoms with Crippen molar-refractivity contribution in [1.29, 1.82) is 0 Å². The van der Waals surface area contributed by atoms with Crippen molar-refractivity contribution in [2.24, 2.45) is 17.6 Å². The van der Waals surface area contributed by atoms with E-state index in [-0.39, 0.29) is 35.2 Å². The lowest BCUT2D eigenvalue weighted by Crippen LogP contribution is -2.36. The predicted molar refractivity (Wildman–Crippen MR) is 117 cm³/mol. The number of amides is 2. The van der Waals surface area contributed by atoms with E-state index in [4.69, 9.17) is 15.6 Å². The van der Waals surface area contributed by atoms with Crippen molar-refractivity contribution in [3.63, 3.8) is 0 Å². The number of carboxylic acid groups (broad SMARTS) is 1. The Hall–Kier alpha value is -3.50. The molecule has 34 heavy (non-hydrogen) atoms. The number of carboxylic acids is 1. The summed E-state index contributed by atoms with van der Waals surface area (Å²) in [6.07, 6.45) is 3.36. The van der Waals surface area contributed by atoms with Crippen LogP contribution in [0.3, 0.4) is 0 Å². The van der Waals surface area contributed by atoms with Crippen LogP contribution in [0, 0.1) is 11.8 Å². The van der Waals surface area contributed by atoms with E-state index in [1.165, 1.54) is 36.1 Å². The minimum atomic E-state index is -3.60. The van der Waals surface area contributed by atoms with E-state index in [9.17, 15) is 28.0 Å². The lowest BCUT2D eigenvalue weighted by molar-refractivity contribution is -0.141. The topological polar surface area (TPSA) is 139 Å². The van der Waals surface area contributed by atoms with Crippen molar-refractivity contribution in [2.45, 2.75) is 44.6 Å². The van der Waals surface area contributed by atoms with Gasteiger partial charge in [0.25, 0.3) is 5.92 Å². The number of allylic oxidation sites excluding steroid dienone is 1. The molecule has 0 saturated heterocycles. The predicted octanol–water partition coefficient (Wildman–Crippen LogP) is 3.02.